The fourth-order valence-electron chi connectivity index (χ4n) is 1.45. The average Bonchev–Trinajstić information content (AvgIpc) is 2.36. The van der Waals surface area contributed by atoms with E-state index >= 15 is 0 Å². The third-order valence-corrected chi connectivity index (χ3v) is 2.51. The summed E-state index contributed by atoms with van der Waals surface area (Å²) in [4.78, 5) is 15.2. The van der Waals surface area contributed by atoms with Gasteiger partial charge in [-0.25, -0.2) is 9.37 Å². The summed E-state index contributed by atoms with van der Waals surface area (Å²) in [5.74, 6) is -1.52. The molecule has 0 fully saturated rings. The zero-order valence-electron chi connectivity index (χ0n) is 9.58. The van der Waals surface area contributed by atoms with Crippen molar-refractivity contribution < 1.29 is 13.6 Å². The Morgan fingerprint density at radius 3 is 2.67 bits per heavy atom. The van der Waals surface area contributed by atoms with Crippen molar-refractivity contribution in [2.75, 3.05) is 5.32 Å². The van der Waals surface area contributed by atoms with Crippen molar-refractivity contribution in [1.82, 2.24) is 4.98 Å². The number of halogens is 2. The van der Waals surface area contributed by atoms with E-state index in [1.807, 2.05) is 0 Å². The molecule has 92 valence electrons. The minimum atomic E-state index is -0.659. The van der Waals surface area contributed by atoms with Crippen molar-refractivity contribution in [3.05, 3.63) is 59.4 Å². The summed E-state index contributed by atoms with van der Waals surface area (Å²) in [5, 5.41) is 2.55. The highest BCUT2D eigenvalue weighted by atomic mass is 19.1. The minimum absolute atomic E-state index is 0.208. The summed E-state index contributed by atoms with van der Waals surface area (Å²) >= 11 is 0. The quantitative estimate of drug-likeness (QED) is 0.830. The van der Waals surface area contributed by atoms with Gasteiger partial charge in [-0.05, 0) is 31.2 Å². The second-order valence-corrected chi connectivity index (χ2v) is 3.74. The van der Waals surface area contributed by atoms with Crippen LogP contribution >= 0.6 is 0 Å². The van der Waals surface area contributed by atoms with Crippen LogP contribution in [-0.2, 0) is 0 Å². The molecule has 0 aliphatic carbocycles. The topological polar surface area (TPSA) is 42.0 Å². The first kappa shape index (κ1) is 12.2. The first-order chi connectivity index (χ1) is 8.58. The van der Waals surface area contributed by atoms with Gasteiger partial charge in [0.15, 0.2) is 0 Å². The van der Waals surface area contributed by atoms with Crippen LogP contribution in [0.1, 0.15) is 15.9 Å². The number of carbonyl (C=O) groups excluding carboxylic acids is 1. The van der Waals surface area contributed by atoms with E-state index in [2.05, 4.69) is 10.3 Å². The van der Waals surface area contributed by atoms with Gasteiger partial charge in [0, 0.05) is 17.4 Å². The molecule has 0 aliphatic heterocycles. The van der Waals surface area contributed by atoms with Gasteiger partial charge in [-0.2, -0.15) is 4.39 Å². The van der Waals surface area contributed by atoms with Crippen LogP contribution in [0.2, 0.25) is 0 Å². The maximum atomic E-state index is 13.3. The molecule has 2 rings (SSSR count). The van der Waals surface area contributed by atoms with Crippen molar-refractivity contribution in [3.8, 4) is 0 Å². The Bertz CT molecular complexity index is 582. The number of pyridine rings is 1. The second-order valence-electron chi connectivity index (χ2n) is 3.74. The Morgan fingerprint density at radius 2 is 2.00 bits per heavy atom. The van der Waals surface area contributed by atoms with Crippen LogP contribution < -0.4 is 5.32 Å². The van der Waals surface area contributed by atoms with Crippen LogP contribution in [0.15, 0.2) is 36.5 Å². The van der Waals surface area contributed by atoms with Crippen LogP contribution in [-0.4, -0.2) is 10.9 Å². The highest BCUT2D eigenvalue weighted by molar-refractivity contribution is 6.04. The summed E-state index contributed by atoms with van der Waals surface area (Å²) in [5.41, 5.74) is 0.935. The maximum absolute atomic E-state index is 13.3. The van der Waals surface area contributed by atoms with Crippen LogP contribution in [0.4, 0.5) is 14.5 Å². The Hall–Kier alpha value is -2.30. The second kappa shape index (κ2) is 4.91. The first-order valence-electron chi connectivity index (χ1n) is 5.26. The molecule has 0 saturated carbocycles. The van der Waals surface area contributed by atoms with Crippen molar-refractivity contribution in [3.63, 3.8) is 0 Å². The largest absolute Gasteiger partial charge is 0.322 e. The smallest absolute Gasteiger partial charge is 0.257 e. The molecule has 1 N–H and O–H groups in total. The number of rotatable bonds is 2. The van der Waals surface area contributed by atoms with Crippen LogP contribution in [0.5, 0.6) is 0 Å². The summed E-state index contributed by atoms with van der Waals surface area (Å²) < 4.78 is 25.9. The van der Waals surface area contributed by atoms with E-state index in [0.717, 1.165) is 12.3 Å². The molecule has 0 spiro atoms. The maximum Gasteiger partial charge on any atom is 0.257 e. The van der Waals surface area contributed by atoms with E-state index in [9.17, 15) is 13.6 Å². The molecule has 0 unspecified atom stereocenters. The molecule has 1 aromatic heterocycles. The predicted molar refractivity (Wildman–Crippen MR) is 63.3 cm³/mol. The number of amides is 1. The lowest BCUT2D eigenvalue weighted by Gasteiger charge is -2.08. The van der Waals surface area contributed by atoms with Gasteiger partial charge in [0.2, 0.25) is 5.95 Å². The SMILES string of the molecule is Cc1c(F)cccc1NC(=O)c1ccc(F)nc1. The molecule has 1 amide bonds. The van der Waals surface area contributed by atoms with E-state index in [1.54, 1.807) is 13.0 Å². The van der Waals surface area contributed by atoms with E-state index in [1.165, 1.54) is 18.2 Å². The van der Waals surface area contributed by atoms with Crippen molar-refractivity contribution in [2.45, 2.75) is 6.92 Å². The summed E-state index contributed by atoms with van der Waals surface area (Å²) in [6, 6.07) is 6.80. The molecule has 5 heteroatoms. The fraction of sp³-hybridized carbons (Fsp3) is 0.0769. The number of hydrogen-bond acceptors (Lipinski definition) is 2. The molecule has 0 bridgehead atoms. The molecular formula is C13H10F2N2O. The summed E-state index contributed by atoms with van der Waals surface area (Å²) in [6.45, 7) is 1.56. The molecule has 0 saturated heterocycles. The molecular weight excluding hydrogens is 238 g/mol. The van der Waals surface area contributed by atoms with Gasteiger partial charge in [-0.15, -0.1) is 0 Å². The van der Waals surface area contributed by atoms with Crippen LogP contribution in [0.3, 0.4) is 0 Å². The normalized spacial score (nSPS) is 10.2. The zero-order chi connectivity index (χ0) is 13.1. The third-order valence-electron chi connectivity index (χ3n) is 2.51. The number of nitrogens with zero attached hydrogens (tertiary/aromatic N) is 1. The van der Waals surface area contributed by atoms with Crippen molar-refractivity contribution in [1.29, 1.82) is 0 Å². The number of aromatic nitrogens is 1. The molecule has 0 aliphatic rings. The van der Waals surface area contributed by atoms with Crippen LogP contribution in [0, 0.1) is 18.7 Å². The van der Waals surface area contributed by atoms with Gasteiger partial charge < -0.3 is 5.32 Å². The Morgan fingerprint density at radius 1 is 1.22 bits per heavy atom. The minimum Gasteiger partial charge on any atom is -0.322 e. The van der Waals surface area contributed by atoms with E-state index in [0.29, 0.717) is 11.3 Å². The van der Waals surface area contributed by atoms with Gasteiger partial charge in [0.25, 0.3) is 5.91 Å². The number of hydrogen-bond donors (Lipinski definition) is 1. The number of nitrogens with one attached hydrogen (secondary N) is 1. The lowest BCUT2D eigenvalue weighted by molar-refractivity contribution is 0.102. The fourth-order valence-corrected chi connectivity index (χ4v) is 1.45. The van der Waals surface area contributed by atoms with Gasteiger partial charge in [-0.1, -0.05) is 6.07 Å². The van der Waals surface area contributed by atoms with E-state index in [-0.39, 0.29) is 5.56 Å². The highest BCUT2D eigenvalue weighted by Crippen LogP contribution is 2.18. The molecule has 18 heavy (non-hydrogen) atoms. The van der Waals surface area contributed by atoms with Gasteiger partial charge in [-0.3, -0.25) is 4.79 Å². The molecule has 1 aromatic carbocycles. The molecule has 0 atom stereocenters. The monoisotopic (exact) mass is 248 g/mol. The van der Waals surface area contributed by atoms with E-state index < -0.39 is 17.7 Å². The zero-order valence-corrected chi connectivity index (χ0v) is 9.58. The molecule has 3 nitrogen and oxygen atoms in total. The molecule has 1 heterocycles. The first-order valence-corrected chi connectivity index (χ1v) is 5.26. The van der Waals surface area contributed by atoms with Gasteiger partial charge in [0.05, 0.1) is 5.56 Å². The number of benzene rings is 1. The lowest BCUT2D eigenvalue weighted by Crippen LogP contribution is -2.13. The molecule has 2 aromatic rings. The Kier molecular flexibility index (Phi) is 3.32. The van der Waals surface area contributed by atoms with Gasteiger partial charge >= 0.3 is 0 Å². The number of carbonyl (C=O) groups is 1. The number of anilines is 1. The average molecular weight is 248 g/mol. The predicted octanol–water partition coefficient (Wildman–Crippen LogP) is 2.92. The van der Waals surface area contributed by atoms with E-state index in [4.69, 9.17) is 0 Å². The van der Waals surface area contributed by atoms with Crippen molar-refractivity contribution in [2.24, 2.45) is 0 Å². The third kappa shape index (κ3) is 2.51. The Balaban J connectivity index is 2.21. The Labute approximate surface area is 102 Å². The summed E-state index contributed by atoms with van der Waals surface area (Å²) in [7, 11) is 0. The molecule has 0 radical (unpaired) electrons. The standard InChI is InChI=1S/C13H10F2N2O/c1-8-10(14)3-2-4-11(8)17-13(18)9-5-6-12(15)16-7-9/h2-7H,1H3,(H,17,18). The highest BCUT2D eigenvalue weighted by Gasteiger charge is 2.09. The van der Waals surface area contributed by atoms with Crippen LogP contribution in [0.25, 0.3) is 0 Å². The summed E-state index contributed by atoms with van der Waals surface area (Å²) in [6.07, 6.45) is 1.12. The van der Waals surface area contributed by atoms with Gasteiger partial charge in [0.1, 0.15) is 5.82 Å². The van der Waals surface area contributed by atoms with Crippen molar-refractivity contribution >= 4 is 11.6 Å². The lowest BCUT2D eigenvalue weighted by atomic mass is 10.2.